The van der Waals surface area contributed by atoms with E-state index in [0.29, 0.717) is 6.42 Å². The van der Waals surface area contributed by atoms with Gasteiger partial charge in [0.2, 0.25) is 0 Å². The van der Waals surface area contributed by atoms with Crippen LogP contribution >= 0.6 is 8.03 Å². The average Bonchev–Trinajstić information content (AvgIpc) is 1.61. The maximum Gasteiger partial charge on any atom is 0.309 e. The molecule has 0 aromatic carbocycles. The first kappa shape index (κ1) is 6.62. The third-order valence-corrected chi connectivity index (χ3v) is 1.03. The second-order valence-corrected chi connectivity index (χ2v) is 2.12. The van der Waals surface area contributed by atoms with Gasteiger partial charge < -0.3 is 4.89 Å². The Morgan fingerprint density at radius 3 is 2.57 bits per heavy atom. The van der Waals surface area contributed by atoms with Gasteiger partial charge in [0, 0.05) is 0 Å². The molecule has 0 N–H and O–H groups in total. The fraction of sp³-hybridized carbons (Fsp3) is 0.500. The van der Waals surface area contributed by atoms with E-state index in [-0.39, 0.29) is 6.16 Å². The normalized spacial score (nSPS) is 10.0. The van der Waals surface area contributed by atoms with E-state index >= 15 is 0 Å². The minimum absolute atomic E-state index is 0.117. The lowest BCUT2D eigenvalue weighted by Gasteiger charge is -1.77. The molecule has 3 heteroatoms. The number of rotatable bonds is 2. The Labute approximate surface area is 43.4 Å². The molecule has 0 saturated carbocycles. The summed E-state index contributed by atoms with van der Waals surface area (Å²) in [4.78, 5) is 9.70. The molecule has 1 unspecified atom stereocenters. The SMILES string of the molecule is C#CCC[P+](=O)[O-]. The monoisotopic (exact) mass is 116 g/mol. The van der Waals surface area contributed by atoms with Crippen LogP contribution in [0.15, 0.2) is 0 Å². The Kier molecular flexibility index (Phi) is 3.59. The third-order valence-electron chi connectivity index (χ3n) is 0.439. The Morgan fingerprint density at radius 2 is 2.43 bits per heavy atom. The lowest BCUT2D eigenvalue weighted by molar-refractivity contribution is -0.164. The molecule has 0 aromatic heterocycles. The van der Waals surface area contributed by atoms with Crippen LogP contribution in [0.2, 0.25) is 0 Å². The highest BCUT2D eigenvalue weighted by Crippen LogP contribution is 2.06. The van der Waals surface area contributed by atoms with Crippen LogP contribution in [0.25, 0.3) is 0 Å². The zero-order valence-electron chi connectivity index (χ0n) is 3.76. The summed E-state index contributed by atoms with van der Waals surface area (Å²) >= 11 is 0. The first-order valence-electron chi connectivity index (χ1n) is 1.82. The van der Waals surface area contributed by atoms with E-state index in [0.717, 1.165) is 0 Å². The number of hydrogen-bond donors (Lipinski definition) is 0. The van der Waals surface area contributed by atoms with Gasteiger partial charge in [0.25, 0.3) is 0 Å². The van der Waals surface area contributed by atoms with Gasteiger partial charge in [0.1, 0.15) is 0 Å². The second kappa shape index (κ2) is 3.80. The smallest absolute Gasteiger partial charge is 0.309 e. The molecule has 7 heavy (non-hydrogen) atoms. The van der Waals surface area contributed by atoms with Crippen molar-refractivity contribution in [2.75, 3.05) is 6.16 Å². The first-order valence-corrected chi connectivity index (χ1v) is 3.19. The van der Waals surface area contributed by atoms with Crippen molar-refractivity contribution in [3.63, 3.8) is 0 Å². The molecule has 0 radical (unpaired) electrons. The van der Waals surface area contributed by atoms with E-state index in [9.17, 15) is 9.46 Å². The Hall–Kier alpha value is -0.380. The van der Waals surface area contributed by atoms with Crippen LogP contribution in [-0.4, -0.2) is 6.16 Å². The Bertz CT molecular complexity index is 103. The van der Waals surface area contributed by atoms with Crippen LogP contribution in [0.5, 0.6) is 0 Å². The van der Waals surface area contributed by atoms with Crippen molar-refractivity contribution in [2.24, 2.45) is 0 Å². The highest BCUT2D eigenvalue weighted by Gasteiger charge is 1.93. The summed E-state index contributed by atoms with van der Waals surface area (Å²) in [5.41, 5.74) is 0. The molecule has 0 bridgehead atoms. The van der Waals surface area contributed by atoms with Crippen molar-refractivity contribution in [3.05, 3.63) is 0 Å². The largest absolute Gasteiger partial charge is 0.596 e. The lowest BCUT2D eigenvalue weighted by Crippen LogP contribution is -1.88. The molecule has 0 saturated heterocycles. The molecule has 0 aliphatic heterocycles. The molecule has 38 valence electrons. The summed E-state index contributed by atoms with van der Waals surface area (Å²) in [6, 6.07) is 0. The number of hydrogen-bond acceptors (Lipinski definition) is 2. The average molecular weight is 116 g/mol. The van der Waals surface area contributed by atoms with Crippen LogP contribution in [0.4, 0.5) is 0 Å². The van der Waals surface area contributed by atoms with Crippen molar-refractivity contribution in [1.82, 2.24) is 0 Å². The van der Waals surface area contributed by atoms with E-state index in [1.165, 1.54) is 0 Å². The highest BCUT2D eigenvalue weighted by atomic mass is 31.1. The minimum atomic E-state index is -2.25. The van der Waals surface area contributed by atoms with E-state index in [1.54, 1.807) is 0 Å². The number of terminal acetylenes is 1. The molecule has 0 heterocycles. The van der Waals surface area contributed by atoms with Crippen LogP contribution in [0.3, 0.4) is 0 Å². The summed E-state index contributed by atoms with van der Waals surface area (Å²) in [5, 5.41) is 0. The summed E-state index contributed by atoms with van der Waals surface area (Å²) in [6.45, 7) is 0. The highest BCUT2D eigenvalue weighted by molar-refractivity contribution is 7.36. The third kappa shape index (κ3) is 5.62. The van der Waals surface area contributed by atoms with Gasteiger partial charge in [0.15, 0.2) is 6.16 Å². The molecule has 0 aliphatic carbocycles. The standard InChI is InChI=1S/C4H5O2P/c1-2-3-4-7(5)6/h1H,3-4H2. The summed E-state index contributed by atoms with van der Waals surface area (Å²) < 4.78 is 9.70. The van der Waals surface area contributed by atoms with E-state index < -0.39 is 8.03 Å². The molecular weight excluding hydrogens is 111 g/mol. The van der Waals surface area contributed by atoms with Crippen LogP contribution in [0, 0.1) is 12.3 Å². The zero-order chi connectivity index (χ0) is 5.70. The van der Waals surface area contributed by atoms with Crippen molar-refractivity contribution in [3.8, 4) is 12.3 Å². The van der Waals surface area contributed by atoms with Crippen molar-refractivity contribution < 1.29 is 9.46 Å². The van der Waals surface area contributed by atoms with Gasteiger partial charge in [0.05, 0.1) is 6.42 Å². The van der Waals surface area contributed by atoms with Gasteiger partial charge >= 0.3 is 8.03 Å². The van der Waals surface area contributed by atoms with Gasteiger partial charge in [-0.3, -0.25) is 0 Å². The maximum atomic E-state index is 9.70. The molecule has 1 atom stereocenters. The van der Waals surface area contributed by atoms with Gasteiger partial charge in [-0.05, 0) is 0 Å². The predicted molar refractivity (Wildman–Crippen MR) is 25.9 cm³/mol. The quantitative estimate of drug-likeness (QED) is 0.379. The topological polar surface area (TPSA) is 40.1 Å². The van der Waals surface area contributed by atoms with E-state index in [4.69, 9.17) is 6.42 Å². The Morgan fingerprint density at radius 1 is 1.86 bits per heavy atom. The summed E-state index contributed by atoms with van der Waals surface area (Å²) in [7, 11) is -2.25. The molecule has 0 aromatic rings. The van der Waals surface area contributed by atoms with Gasteiger partial charge in [-0.15, -0.1) is 12.3 Å². The van der Waals surface area contributed by atoms with Crippen LogP contribution in [0.1, 0.15) is 6.42 Å². The maximum absolute atomic E-state index is 9.70. The van der Waals surface area contributed by atoms with Crippen LogP contribution < -0.4 is 4.89 Å². The van der Waals surface area contributed by atoms with E-state index in [1.807, 2.05) is 0 Å². The van der Waals surface area contributed by atoms with Crippen molar-refractivity contribution in [2.45, 2.75) is 6.42 Å². The van der Waals surface area contributed by atoms with Gasteiger partial charge in [-0.2, -0.15) is 0 Å². The zero-order valence-corrected chi connectivity index (χ0v) is 4.65. The molecule has 0 amide bonds. The molecular formula is C4H5O2P. The van der Waals surface area contributed by atoms with Gasteiger partial charge in [-0.25, -0.2) is 0 Å². The van der Waals surface area contributed by atoms with Gasteiger partial charge in [-0.1, -0.05) is 4.57 Å². The summed E-state index contributed by atoms with van der Waals surface area (Å²) in [6.07, 6.45) is 5.21. The summed E-state index contributed by atoms with van der Waals surface area (Å²) in [5.74, 6) is 2.22. The molecule has 2 nitrogen and oxygen atoms in total. The van der Waals surface area contributed by atoms with E-state index in [2.05, 4.69) is 5.92 Å². The molecule has 0 rings (SSSR count). The lowest BCUT2D eigenvalue weighted by atomic mass is 10.5. The van der Waals surface area contributed by atoms with Crippen LogP contribution in [-0.2, 0) is 4.57 Å². The molecule has 0 aliphatic rings. The first-order chi connectivity index (χ1) is 3.27. The molecule has 0 spiro atoms. The predicted octanol–water partition coefficient (Wildman–Crippen LogP) is 0.112. The fourth-order valence-electron chi connectivity index (χ4n) is 0.156. The second-order valence-electron chi connectivity index (χ2n) is 1.01. The van der Waals surface area contributed by atoms with Crippen molar-refractivity contribution in [1.29, 1.82) is 0 Å². The fourth-order valence-corrected chi connectivity index (χ4v) is 0.468. The minimum Gasteiger partial charge on any atom is -0.596 e. The molecule has 0 fully saturated rings. The van der Waals surface area contributed by atoms with Crippen molar-refractivity contribution >= 4 is 8.03 Å². The Balaban J connectivity index is 3.02.